The number of carbonyl (C=O) groups excluding carboxylic acids is 1. The number of ether oxygens (including phenoxy) is 1. The minimum atomic E-state index is 0.125. The topological polar surface area (TPSA) is 41.6 Å². The Kier molecular flexibility index (Phi) is 4.18. The molecular weight excluding hydrogens is 204 g/mol. The maximum atomic E-state index is 12.2. The van der Waals surface area contributed by atoms with Crippen LogP contribution in [0.2, 0.25) is 0 Å². The first kappa shape index (κ1) is 11.9. The van der Waals surface area contributed by atoms with Gasteiger partial charge in [-0.25, -0.2) is 0 Å². The quantitative estimate of drug-likeness (QED) is 0.767. The van der Waals surface area contributed by atoms with Gasteiger partial charge in [0.1, 0.15) is 0 Å². The van der Waals surface area contributed by atoms with Gasteiger partial charge in [0.15, 0.2) is 0 Å². The number of nitrogens with zero attached hydrogens (tertiary/aromatic N) is 1. The number of rotatable bonds is 3. The van der Waals surface area contributed by atoms with Crippen molar-refractivity contribution in [3.05, 3.63) is 0 Å². The van der Waals surface area contributed by atoms with Crippen molar-refractivity contribution in [3.8, 4) is 0 Å². The molecule has 2 unspecified atom stereocenters. The molecule has 92 valence electrons. The van der Waals surface area contributed by atoms with Crippen molar-refractivity contribution in [2.24, 2.45) is 5.92 Å². The molecule has 2 aliphatic heterocycles. The summed E-state index contributed by atoms with van der Waals surface area (Å²) in [5.74, 6) is 0.431. The highest BCUT2D eigenvalue weighted by Gasteiger charge is 2.30. The van der Waals surface area contributed by atoms with Gasteiger partial charge in [-0.2, -0.15) is 0 Å². The molecule has 0 aromatic heterocycles. The van der Waals surface area contributed by atoms with Crippen LogP contribution >= 0.6 is 0 Å². The molecule has 0 aromatic carbocycles. The number of carbonyl (C=O) groups is 1. The fourth-order valence-electron chi connectivity index (χ4n) is 2.62. The standard InChI is InChI=1S/C12H22N2O2/c1-2-13-11-4-3-6-14(8-11)12(15)10-5-7-16-9-10/h10-11,13H,2-9H2,1H3. The number of nitrogens with one attached hydrogen (secondary N) is 1. The summed E-state index contributed by atoms with van der Waals surface area (Å²) in [5, 5.41) is 3.43. The molecule has 2 fully saturated rings. The van der Waals surface area contributed by atoms with Gasteiger partial charge in [-0.05, 0) is 25.8 Å². The predicted octanol–water partition coefficient (Wildman–Crippen LogP) is 0.623. The largest absolute Gasteiger partial charge is 0.381 e. The van der Waals surface area contributed by atoms with E-state index in [-0.39, 0.29) is 5.92 Å². The van der Waals surface area contributed by atoms with Crippen LogP contribution < -0.4 is 5.32 Å². The van der Waals surface area contributed by atoms with Gasteiger partial charge in [0.05, 0.1) is 12.5 Å². The minimum Gasteiger partial charge on any atom is -0.381 e. The van der Waals surface area contributed by atoms with E-state index < -0.39 is 0 Å². The van der Waals surface area contributed by atoms with E-state index in [4.69, 9.17) is 4.74 Å². The third-order valence-corrected chi connectivity index (χ3v) is 3.50. The Labute approximate surface area is 97.3 Å². The molecule has 0 aromatic rings. The molecule has 2 aliphatic rings. The van der Waals surface area contributed by atoms with Crippen LogP contribution in [0.1, 0.15) is 26.2 Å². The summed E-state index contributed by atoms with van der Waals surface area (Å²) >= 11 is 0. The lowest BCUT2D eigenvalue weighted by Crippen LogP contribution is -2.49. The van der Waals surface area contributed by atoms with Crippen molar-refractivity contribution >= 4 is 5.91 Å². The normalized spacial score (nSPS) is 30.7. The first-order valence-electron chi connectivity index (χ1n) is 6.41. The van der Waals surface area contributed by atoms with E-state index in [2.05, 4.69) is 12.2 Å². The zero-order valence-corrected chi connectivity index (χ0v) is 10.1. The van der Waals surface area contributed by atoms with Gasteiger partial charge < -0.3 is 15.0 Å². The lowest BCUT2D eigenvalue weighted by Gasteiger charge is -2.34. The smallest absolute Gasteiger partial charge is 0.228 e. The Balaban J connectivity index is 1.85. The number of hydrogen-bond acceptors (Lipinski definition) is 3. The summed E-state index contributed by atoms with van der Waals surface area (Å²) in [6.45, 7) is 6.29. The second-order valence-electron chi connectivity index (χ2n) is 4.74. The van der Waals surface area contributed by atoms with Crippen molar-refractivity contribution in [1.82, 2.24) is 10.2 Å². The molecule has 1 amide bonds. The summed E-state index contributed by atoms with van der Waals surface area (Å²) in [5.41, 5.74) is 0. The van der Waals surface area contributed by atoms with Crippen molar-refractivity contribution in [2.75, 3.05) is 32.8 Å². The minimum absolute atomic E-state index is 0.125. The lowest BCUT2D eigenvalue weighted by atomic mass is 10.0. The molecule has 0 saturated carbocycles. The number of likely N-dealkylation sites (N-methyl/N-ethyl adjacent to an activating group) is 1. The first-order valence-corrected chi connectivity index (χ1v) is 6.41. The Hall–Kier alpha value is -0.610. The molecule has 1 N–H and O–H groups in total. The van der Waals surface area contributed by atoms with Crippen molar-refractivity contribution in [1.29, 1.82) is 0 Å². The molecular formula is C12H22N2O2. The summed E-state index contributed by atoms with van der Waals surface area (Å²) in [6.07, 6.45) is 3.22. The molecule has 0 bridgehead atoms. The average molecular weight is 226 g/mol. The molecule has 2 rings (SSSR count). The maximum absolute atomic E-state index is 12.2. The monoisotopic (exact) mass is 226 g/mol. The van der Waals surface area contributed by atoms with Gasteiger partial charge in [0.2, 0.25) is 5.91 Å². The molecule has 0 aliphatic carbocycles. The Bertz CT molecular complexity index is 237. The molecule has 0 radical (unpaired) electrons. The summed E-state index contributed by atoms with van der Waals surface area (Å²) < 4.78 is 5.28. The number of likely N-dealkylation sites (tertiary alicyclic amines) is 1. The Morgan fingerprint density at radius 2 is 2.38 bits per heavy atom. The van der Waals surface area contributed by atoms with Gasteiger partial charge >= 0.3 is 0 Å². The van der Waals surface area contributed by atoms with Gasteiger partial charge in [0.25, 0.3) is 0 Å². The van der Waals surface area contributed by atoms with E-state index in [1.54, 1.807) is 0 Å². The van der Waals surface area contributed by atoms with Crippen molar-refractivity contribution < 1.29 is 9.53 Å². The number of amides is 1. The molecule has 2 atom stereocenters. The van der Waals surface area contributed by atoms with Crippen molar-refractivity contribution in [2.45, 2.75) is 32.2 Å². The third-order valence-electron chi connectivity index (χ3n) is 3.50. The molecule has 2 heterocycles. The molecule has 4 heteroatoms. The van der Waals surface area contributed by atoms with Gasteiger partial charge in [0, 0.05) is 25.7 Å². The van der Waals surface area contributed by atoms with Crippen LogP contribution in [-0.2, 0) is 9.53 Å². The highest BCUT2D eigenvalue weighted by molar-refractivity contribution is 5.79. The summed E-state index contributed by atoms with van der Waals surface area (Å²) in [4.78, 5) is 14.2. The van der Waals surface area contributed by atoms with E-state index in [9.17, 15) is 4.79 Å². The van der Waals surface area contributed by atoms with Gasteiger partial charge in [-0.3, -0.25) is 4.79 Å². The third kappa shape index (κ3) is 2.74. The SMILES string of the molecule is CCNC1CCCN(C(=O)C2CCOC2)C1. The molecule has 4 nitrogen and oxygen atoms in total. The van der Waals surface area contributed by atoms with Gasteiger partial charge in [-0.15, -0.1) is 0 Å². The van der Waals surface area contributed by atoms with Crippen LogP contribution in [0, 0.1) is 5.92 Å². The van der Waals surface area contributed by atoms with E-state index >= 15 is 0 Å². The van der Waals surface area contributed by atoms with E-state index in [0.717, 1.165) is 39.1 Å². The maximum Gasteiger partial charge on any atom is 0.228 e. The Morgan fingerprint density at radius 1 is 1.50 bits per heavy atom. The second-order valence-corrected chi connectivity index (χ2v) is 4.74. The second kappa shape index (κ2) is 5.64. The number of hydrogen-bond donors (Lipinski definition) is 1. The highest BCUT2D eigenvalue weighted by atomic mass is 16.5. The van der Waals surface area contributed by atoms with Gasteiger partial charge in [-0.1, -0.05) is 6.92 Å². The molecule has 16 heavy (non-hydrogen) atoms. The lowest BCUT2D eigenvalue weighted by molar-refractivity contribution is -0.136. The fourth-order valence-corrected chi connectivity index (χ4v) is 2.62. The van der Waals surface area contributed by atoms with E-state index in [0.29, 0.717) is 18.6 Å². The van der Waals surface area contributed by atoms with Crippen molar-refractivity contribution in [3.63, 3.8) is 0 Å². The van der Waals surface area contributed by atoms with Crippen LogP contribution in [0.5, 0.6) is 0 Å². The summed E-state index contributed by atoms with van der Waals surface area (Å²) in [6, 6.07) is 0.491. The Morgan fingerprint density at radius 3 is 3.06 bits per heavy atom. The van der Waals surface area contributed by atoms with E-state index in [1.807, 2.05) is 4.90 Å². The van der Waals surface area contributed by atoms with Crippen LogP contribution in [0.15, 0.2) is 0 Å². The van der Waals surface area contributed by atoms with Crippen LogP contribution in [-0.4, -0.2) is 49.7 Å². The van der Waals surface area contributed by atoms with E-state index in [1.165, 1.54) is 6.42 Å². The van der Waals surface area contributed by atoms with Crippen LogP contribution in [0.4, 0.5) is 0 Å². The zero-order chi connectivity index (χ0) is 11.4. The first-order chi connectivity index (χ1) is 7.81. The number of piperidine rings is 1. The van der Waals surface area contributed by atoms with Crippen LogP contribution in [0.3, 0.4) is 0 Å². The molecule has 0 spiro atoms. The zero-order valence-electron chi connectivity index (χ0n) is 10.1. The molecule has 2 saturated heterocycles. The average Bonchev–Trinajstić information content (AvgIpc) is 2.82. The summed E-state index contributed by atoms with van der Waals surface area (Å²) in [7, 11) is 0. The fraction of sp³-hybridized carbons (Fsp3) is 0.917. The van der Waals surface area contributed by atoms with Crippen LogP contribution in [0.25, 0.3) is 0 Å². The highest BCUT2D eigenvalue weighted by Crippen LogP contribution is 2.19. The predicted molar refractivity (Wildman–Crippen MR) is 62.2 cm³/mol.